The summed E-state index contributed by atoms with van der Waals surface area (Å²) in [5.74, 6) is 0.717. The van der Waals surface area contributed by atoms with Gasteiger partial charge in [-0.2, -0.15) is 5.10 Å². The van der Waals surface area contributed by atoms with Gasteiger partial charge < -0.3 is 14.6 Å². The minimum atomic E-state index is 0.589. The lowest BCUT2D eigenvalue weighted by molar-refractivity contribution is 0.261. The predicted octanol–water partition coefficient (Wildman–Crippen LogP) is 4.57. The Morgan fingerprint density at radius 3 is 2.69 bits per heavy atom. The molecular formula is C27H24N8O. The Kier molecular flexibility index (Phi) is 5.59. The molecule has 0 unspecified atom stereocenters. The summed E-state index contributed by atoms with van der Waals surface area (Å²) in [7, 11) is 4.03. The van der Waals surface area contributed by atoms with Gasteiger partial charge in [0, 0.05) is 41.6 Å². The van der Waals surface area contributed by atoms with Crippen LogP contribution in [-0.2, 0) is 0 Å². The molecule has 0 saturated heterocycles. The Hall–Kier alpha value is -4.63. The number of aromatic amines is 2. The highest BCUT2D eigenvalue weighted by Gasteiger charge is 2.16. The van der Waals surface area contributed by atoms with Gasteiger partial charge in [-0.1, -0.05) is 6.07 Å². The smallest absolute Gasteiger partial charge is 0.138 e. The van der Waals surface area contributed by atoms with Gasteiger partial charge in [-0.25, -0.2) is 4.98 Å². The first-order chi connectivity index (χ1) is 17.7. The van der Waals surface area contributed by atoms with Crippen molar-refractivity contribution in [3.8, 4) is 39.7 Å². The van der Waals surface area contributed by atoms with Crippen molar-refractivity contribution in [3.05, 3.63) is 73.4 Å². The molecule has 0 atom stereocenters. The van der Waals surface area contributed by atoms with Crippen LogP contribution >= 0.6 is 0 Å². The first kappa shape index (κ1) is 21.9. The van der Waals surface area contributed by atoms with Crippen LogP contribution in [-0.4, -0.2) is 67.3 Å². The number of aromatic nitrogens is 7. The lowest BCUT2D eigenvalue weighted by Crippen LogP contribution is -2.19. The summed E-state index contributed by atoms with van der Waals surface area (Å²) in [5.41, 5.74) is 7.62. The van der Waals surface area contributed by atoms with Gasteiger partial charge in [0.2, 0.25) is 0 Å². The number of nitrogens with zero attached hydrogens (tertiary/aromatic N) is 6. The Bertz CT molecular complexity index is 1660. The van der Waals surface area contributed by atoms with Crippen molar-refractivity contribution >= 4 is 21.9 Å². The lowest BCUT2D eigenvalue weighted by atomic mass is 10.1. The summed E-state index contributed by atoms with van der Waals surface area (Å²) in [6, 6.07) is 13.8. The highest BCUT2D eigenvalue weighted by molar-refractivity contribution is 5.99. The summed E-state index contributed by atoms with van der Waals surface area (Å²) < 4.78 is 5.86. The summed E-state index contributed by atoms with van der Waals surface area (Å²) in [6.45, 7) is 1.42. The van der Waals surface area contributed by atoms with E-state index in [0.717, 1.165) is 62.4 Å². The second kappa shape index (κ2) is 9.20. The third-order valence-electron chi connectivity index (χ3n) is 5.97. The molecule has 6 aromatic rings. The third-order valence-corrected chi connectivity index (χ3v) is 5.97. The van der Waals surface area contributed by atoms with E-state index in [1.165, 1.54) is 0 Å². The molecule has 178 valence electrons. The van der Waals surface area contributed by atoms with Crippen LogP contribution in [0.15, 0.2) is 73.4 Å². The fourth-order valence-electron chi connectivity index (χ4n) is 4.14. The van der Waals surface area contributed by atoms with E-state index in [9.17, 15) is 0 Å². The van der Waals surface area contributed by atoms with E-state index in [0.29, 0.717) is 12.4 Å². The van der Waals surface area contributed by atoms with Gasteiger partial charge in [0.15, 0.2) is 0 Å². The maximum Gasteiger partial charge on any atom is 0.138 e. The fraction of sp³-hybridized carbons (Fsp3) is 0.148. The summed E-state index contributed by atoms with van der Waals surface area (Å²) in [5, 5.41) is 8.70. The van der Waals surface area contributed by atoms with E-state index in [4.69, 9.17) is 9.72 Å². The molecule has 36 heavy (non-hydrogen) atoms. The molecule has 0 aromatic carbocycles. The Morgan fingerprint density at radius 2 is 1.83 bits per heavy atom. The molecule has 0 bridgehead atoms. The molecule has 6 heterocycles. The van der Waals surface area contributed by atoms with Crippen molar-refractivity contribution in [2.45, 2.75) is 0 Å². The number of fused-ring (bicyclic) bond motifs is 2. The van der Waals surface area contributed by atoms with Crippen LogP contribution in [0.1, 0.15) is 0 Å². The van der Waals surface area contributed by atoms with E-state index in [2.05, 4.69) is 41.1 Å². The van der Waals surface area contributed by atoms with Crippen LogP contribution in [0.3, 0.4) is 0 Å². The molecule has 6 aromatic heterocycles. The predicted molar refractivity (Wildman–Crippen MR) is 139 cm³/mol. The van der Waals surface area contributed by atoms with Crippen LogP contribution in [0.2, 0.25) is 0 Å². The molecule has 0 amide bonds. The van der Waals surface area contributed by atoms with E-state index in [-0.39, 0.29) is 0 Å². The van der Waals surface area contributed by atoms with Crippen LogP contribution < -0.4 is 4.74 Å². The third kappa shape index (κ3) is 4.16. The molecule has 9 heteroatoms. The van der Waals surface area contributed by atoms with Gasteiger partial charge >= 0.3 is 0 Å². The number of rotatable bonds is 7. The second-order valence-corrected chi connectivity index (χ2v) is 8.77. The molecule has 2 N–H and O–H groups in total. The van der Waals surface area contributed by atoms with Crippen LogP contribution in [0.5, 0.6) is 5.75 Å². The van der Waals surface area contributed by atoms with Crippen LogP contribution in [0, 0.1) is 0 Å². The zero-order valence-electron chi connectivity index (χ0n) is 19.9. The molecule has 0 aliphatic rings. The van der Waals surface area contributed by atoms with Crippen molar-refractivity contribution in [1.82, 2.24) is 40.0 Å². The highest BCUT2D eigenvalue weighted by Crippen LogP contribution is 2.33. The van der Waals surface area contributed by atoms with Gasteiger partial charge in [0.05, 0.1) is 40.5 Å². The molecule has 0 aliphatic heterocycles. The van der Waals surface area contributed by atoms with Gasteiger partial charge in [0.1, 0.15) is 23.6 Å². The maximum absolute atomic E-state index is 5.86. The molecule has 0 fully saturated rings. The Morgan fingerprint density at radius 1 is 0.917 bits per heavy atom. The lowest BCUT2D eigenvalue weighted by Gasteiger charge is -2.11. The molecule has 0 aliphatic carbocycles. The Labute approximate surface area is 207 Å². The zero-order chi connectivity index (χ0) is 24.5. The normalized spacial score (nSPS) is 11.5. The minimum Gasteiger partial charge on any atom is -0.491 e. The average Bonchev–Trinajstić information content (AvgIpc) is 3.53. The maximum atomic E-state index is 5.86. The van der Waals surface area contributed by atoms with E-state index < -0.39 is 0 Å². The standard InChI is InChI=1S/C27H24N8O/c1-35(2)9-10-36-18-11-17(13-28-14-18)21-6-7-23-26(32-21)27(34-33-23)24-12-19-20(15-29-16-25(19)31-24)22-5-3-4-8-30-22/h3-8,11-16,31H,9-10H2,1-2H3,(H,33,34). The summed E-state index contributed by atoms with van der Waals surface area (Å²) in [6.07, 6.45) is 8.94. The van der Waals surface area contributed by atoms with Crippen LogP contribution in [0.25, 0.3) is 55.8 Å². The van der Waals surface area contributed by atoms with E-state index in [1.807, 2.05) is 62.9 Å². The van der Waals surface area contributed by atoms with Gasteiger partial charge in [-0.05, 0) is 50.5 Å². The largest absolute Gasteiger partial charge is 0.491 e. The molecule has 6 rings (SSSR count). The minimum absolute atomic E-state index is 0.589. The van der Waals surface area contributed by atoms with Gasteiger partial charge in [0.25, 0.3) is 0 Å². The van der Waals surface area contributed by atoms with Crippen LogP contribution in [0.4, 0.5) is 0 Å². The van der Waals surface area contributed by atoms with E-state index >= 15 is 0 Å². The number of pyridine rings is 4. The molecule has 9 nitrogen and oxygen atoms in total. The monoisotopic (exact) mass is 476 g/mol. The second-order valence-electron chi connectivity index (χ2n) is 8.77. The number of hydrogen-bond acceptors (Lipinski definition) is 7. The molecular weight excluding hydrogens is 452 g/mol. The molecule has 0 spiro atoms. The summed E-state index contributed by atoms with van der Waals surface area (Å²) >= 11 is 0. The Balaban J connectivity index is 1.38. The van der Waals surface area contributed by atoms with Crippen molar-refractivity contribution in [2.75, 3.05) is 27.2 Å². The quantitative estimate of drug-likeness (QED) is 0.348. The number of likely N-dealkylation sites (N-methyl/N-ethyl adjacent to an activating group) is 1. The van der Waals surface area contributed by atoms with Gasteiger partial charge in [-0.3, -0.25) is 20.1 Å². The highest BCUT2D eigenvalue weighted by atomic mass is 16.5. The average molecular weight is 477 g/mol. The number of hydrogen-bond donors (Lipinski definition) is 2. The zero-order valence-corrected chi connectivity index (χ0v) is 19.9. The number of H-pyrrole nitrogens is 2. The molecule has 0 saturated carbocycles. The summed E-state index contributed by atoms with van der Waals surface area (Å²) in [4.78, 5) is 23.7. The SMILES string of the molecule is CN(C)CCOc1cncc(-c2ccc3[nH]nc(-c4cc5c(-c6ccccn6)cncc5[nH]4)c3n2)c1. The van der Waals surface area contributed by atoms with Crippen molar-refractivity contribution < 1.29 is 4.74 Å². The van der Waals surface area contributed by atoms with Crippen molar-refractivity contribution in [1.29, 1.82) is 0 Å². The molecule has 0 radical (unpaired) electrons. The first-order valence-corrected chi connectivity index (χ1v) is 11.6. The van der Waals surface area contributed by atoms with Crippen molar-refractivity contribution in [3.63, 3.8) is 0 Å². The first-order valence-electron chi connectivity index (χ1n) is 11.6. The van der Waals surface area contributed by atoms with E-state index in [1.54, 1.807) is 18.6 Å². The van der Waals surface area contributed by atoms with Crippen molar-refractivity contribution in [2.24, 2.45) is 0 Å². The topological polar surface area (TPSA) is 109 Å². The number of nitrogens with one attached hydrogen (secondary N) is 2. The fourth-order valence-corrected chi connectivity index (χ4v) is 4.14. The number of ether oxygens (including phenoxy) is 1. The van der Waals surface area contributed by atoms with Gasteiger partial charge in [-0.15, -0.1) is 0 Å².